The Morgan fingerprint density at radius 2 is 2.08 bits per heavy atom. The molecule has 0 atom stereocenters. The Balaban J connectivity index is 4.33. The smallest absolute Gasteiger partial charge is 0.330 e. The predicted octanol–water partition coefficient (Wildman–Crippen LogP) is 1.85. The SMILES string of the molecule is C#C\C=C/C(/C=C/C(=O)OC)=C\C. The fourth-order valence-electron chi connectivity index (χ4n) is 0.625. The van der Waals surface area contributed by atoms with Gasteiger partial charge in [-0.3, -0.25) is 0 Å². The Hall–Kier alpha value is -1.75. The van der Waals surface area contributed by atoms with Crippen LogP contribution < -0.4 is 0 Å². The topological polar surface area (TPSA) is 26.3 Å². The first-order valence-corrected chi connectivity index (χ1v) is 3.79. The molecule has 0 saturated carbocycles. The Morgan fingerprint density at radius 1 is 1.38 bits per heavy atom. The molecule has 0 aromatic heterocycles. The van der Waals surface area contributed by atoms with E-state index in [0.29, 0.717) is 0 Å². The number of esters is 1. The molecule has 0 aromatic rings. The average Bonchev–Trinajstić information content (AvgIpc) is 2.17. The van der Waals surface area contributed by atoms with E-state index in [0.717, 1.165) is 5.57 Å². The Bertz CT molecular complexity index is 288. The largest absolute Gasteiger partial charge is 0.466 e. The van der Waals surface area contributed by atoms with Crippen LogP contribution in [0.2, 0.25) is 0 Å². The summed E-state index contributed by atoms with van der Waals surface area (Å²) in [5, 5.41) is 0. The number of hydrogen-bond acceptors (Lipinski definition) is 2. The third kappa shape index (κ3) is 5.51. The number of hydrogen-bond donors (Lipinski definition) is 0. The third-order valence-corrected chi connectivity index (χ3v) is 1.32. The maximum Gasteiger partial charge on any atom is 0.330 e. The molecule has 0 aromatic carbocycles. The van der Waals surface area contributed by atoms with Gasteiger partial charge in [-0.15, -0.1) is 6.42 Å². The van der Waals surface area contributed by atoms with Crippen molar-refractivity contribution in [2.75, 3.05) is 7.11 Å². The van der Waals surface area contributed by atoms with Gasteiger partial charge < -0.3 is 4.74 Å². The van der Waals surface area contributed by atoms with Crippen molar-refractivity contribution in [1.29, 1.82) is 0 Å². The van der Waals surface area contributed by atoms with Gasteiger partial charge >= 0.3 is 5.97 Å². The van der Waals surface area contributed by atoms with Crippen LogP contribution in [0, 0.1) is 12.3 Å². The highest BCUT2D eigenvalue weighted by atomic mass is 16.5. The van der Waals surface area contributed by atoms with E-state index >= 15 is 0 Å². The van der Waals surface area contributed by atoms with Gasteiger partial charge in [0.2, 0.25) is 0 Å². The van der Waals surface area contributed by atoms with Gasteiger partial charge in [0.15, 0.2) is 0 Å². The van der Waals surface area contributed by atoms with Crippen molar-refractivity contribution in [3.8, 4) is 12.3 Å². The summed E-state index contributed by atoms with van der Waals surface area (Å²) in [4.78, 5) is 10.7. The van der Waals surface area contributed by atoms with Crippen LogP contribution >= 0.6 is 0 Å². The Morgan fingerprint density at radius 3 is 2.54 bits per heavy atom. The molecule has 0 spiro atoms. The predicted molar refractivity (Wildman–Crippen MR) is 52.9 cm³/mol. The standard InChI is InChI=1S/C11H12O2/c1-4-6-7-10(5-2)8-9-11(12)13-3/h1,5-9H,2-3H3/b7-6-,9-8+,10-5+. The van der Waals surface area contributed by atoms with Crippen molar-refractivity contribution in [3.05, 3.63) is 36.0 Å². The molecule has 2 heteroatoms. The number of carbonyl (C=O) groups is 1. The molecule has 0 N–H and O–H groups in total. The molecule has 0 radical (unpaired) electrons. The van der Waals surface area contributed by atoms with Crippen LogP contribution in [0.4, 0.5) is 0 Å². The van der Waals surface area contributed by atoms with Crippen molar-refractivity contribution in [2.24, 2.45) is 0 Å². The van der Waals surface area contributed by atoms with Crippen LogP contribution in [-0.2, 0) is 9.53 Å². The quantitative estimate of drug-likeness (QED) is 0.284. The molecule has 68 valence electrons. The van der Waals surface area contributed by atoms with Crippen molar-refractivity contribution in [3.63, 3.8) is 0 Å². The number of ether oxygens (including phenoxy) is 1. The number of methoxy groups -OCH3 is 1. The zero-order valence-corrected chi connectivity index (χ0v) is 7.78. The minimum atomic E-state index is -0.381. The Kier molecular flexibility index (Phi) is 6.00. The first kappa shape index (κ1) is 11.2. The van der Waals surface area contributed by atoms with E-state index in [-0.39, 0.29) is 5.97 Å². The molecule has 0 aliphatic carbocycles. The van der Waals surface area contributed by atoms with E-state index in [1.165, 1.54) is 13.2 Å². The van der Waals surface area contributed by atoms with E-state index in [4.69, 9.17) is 6.42 Å². The third-order valence-electron chi connectivity index (χ3n) is 1.32. The van der Waals surface area contributed by atoms with Gasteiger partial charge in [0.1, 0.15) is 0 Å². The van der Waals surface area contributed by atoms with E-state index in [9.17, 15) is 4.79 Å². The highest BCUT2D eigenvalue weighted by Gasteiger charge is 1.90. The molecular formula is C11H12O2. The summed E-state index contributed by atoms with van der Waals surface area (Å²) in [6.45, 7) is 1.86. The lowest BCUT2D eigenvalue weighted by Gasteiger charge is -1.91. The van der Waals surface area contributed by atoms with Crippen molar-refractivity contribution in [2.45, 2.75) is 6.92 Å². The van der Waals surface area contributed by atoms with Gasteiger partial charge in [0.05, 0.1) is 7.11 Å². The fourth-order valence-corrected chi connectivity index (χ4v) is 0.625. The summed E-state index contributed by atoms with van der Waals surface area (Å²) in [5.74, 6) is 1.98. The molecule has 0 heterocycles. The van der Waals surface area contributed by atoms with Gasteiger partial charge in [-0.2, -0.15) is 0 Å². The zero-order valence-electron chi connectivity index (χ0n) is 7.78. The molecule has 2 nitrogen and oxygen atoms in total. The van der Waals surface area contributed by atoms with Crippen molar-refractivity contribution in [1.82, 2.24) is 0 Å². The minimum Gasteiger partial charge on any atom is -0.466 e. The van der Waals surface area contributed by atoms with Gasteiger partial charge in [-0.05, 0) is 30.7 Å². The van der Waals surface area contributed by atoms with Gasteiger partial charge in [-0.25, -0.2) is 4.79 Å². The van der Waals surface area contributed by atoms with E-state index in [1.807, 2.05) is 13.0 Å². The first-order valence-electron chi connectivity index (χ1n) is 3.79. The van der Waals surface area contributed by atoms with Crippen molar-refractivity contribution < 1.29 is 9.53 Å². The van der Waals surface area contributed by atoms with Gasteiger partial charge in [0.25, 0.3) is 0 Å². The number of terminal acetylenes is 1. The minimum absolute atomic E-state index is 0.381. The highest BCUT2D eigenvalue weighted by Crippen LogP contribution is 1.98. The first-order chi connectivity index (χ1) is 6.24. The molecule has 0 bridgehead atoms. The summed E-state index contributed by atoms with van der Waals surface area (Å²) in [6.07, 6.45) is 13.2. The van der Waals surface area contributed by atoms with Gasteiger partial charge in [0, 0.05) is 6.08 Å². The molecule has 0 aliphatic rings. The van der Waals surface area contributed by atoms with Crippen LogP contribution in [0.3, 0.4) is 0 Å². The summed E-state index contributed by atoms with van der Waals surface area (Å²) >= 11 is 0. The van der Waals surface area contributed by atoms with Crippen LogP contribution in [-0.4, -0.2) is 13.1 Å². The second-order valence-electron chi connectivity index (χ2n) is 2.15. The highest BCUT2D eigenvalue weighted by molar-refractivity contribution is 5.82. The second-order valence-corrected chi connectivity index (χ2v) is 2.15. The molecule has 13 heavy (non-hydrogen) atoms. The summed E-state index contributed by atoms with van der Waals surface area (Å²) < 4.78 is 4.43. The number of carbonyl (C=O) groups excluding carboxylic acids is 1. The van der Waals surface area contributed by atoms with E-state index < -0.39 is 0 Å². The summed E-state index contributed by atoms with van der Waals surface area (Å²) in [5.41, 5.74) is 0.864. The lowest BCUT2D eigenvalue weighted by atomic mass is 10.2. The Labute approximate surface area is 78.6 Å². The van der Waals surface area contributed by atoms with Crippen molar-refractivity contribution >= 4 is 5.97 Å². The molecule has 0 rings (SSSR count). The monoisotopic (exact) mass is 176 g/mol. The fraction of sp³-hybridized carbons (Fsp3) is 0.182. The molecule has 0 unspecified atom stereocenters. The van der Waals surface area contributed by atoms with E-state index in [2.05, 4.69) is 10.7 Å². The van der Waals surface area contributed by atoms with Crippen LogP contribution in [0.15, 0.2) is 36.0 Å². The molecule has 0 aliphatic heterocycles. The molecule has 0 fully saturated rings. The summed E-state index contributed by atoms with van der Waals surface area (Å²) in [6, 6.07) is 0. The van der Waals surface area contributed by atoms with Crippen LogP contribution in [0.5, 0.6) is 0 Å². The van der Waals surface area contributed by atoms with E-state index in [1.54, 1.807) is 18.2 Å². The zero-order chi connectivity index (χ0) is 10.1. The average molecular weight is 176 g/mol. The molecular weight excluding hydrogens is 164 g/mol. The second kappa shape index (κ2) is 6.93. The number of rotatable bonds is 3. The summed E-state index contributed by atoms with van der Waals surface area (Å²) in [7, 11) is 1.33. The number of allylic oxidation sites excluding steroid dienone is 5. The molecule has 0 amide bonds. The van der Waals surface area contributed by atoms with Gasteiger partial charge in [-0.1, -0.05) is 12.0 Å². The van der Waals surface area contributed by atoms with Crippen LogP contribution in [0.25, 0.3) is 0 Å². The normalized spacial score (nSPS) is 11.9. The van der Waals surface area contributed by atoms with Crippen LogP contribution in [0.1, 0.15) is 6.92 Å². The lowest BCUT2D eigenvalue weighted by molar-refractivity contribution is -0.134. The maximum atomic E-state index is 10.7. The molecule has 0 saturated heterocycles. The maximum absolute atomic E-state index is 10.7. The lowest BCUT2D eigenvalue weighted by Crippen LogP contribution is -1.93.